The standard InChI is InChI=1S/C14H20N2O/c1-11(2)12-5-7-13(8-6-12)14(17)16-10-4-3-9-15/h3-8,11H,9-10,15H2,1-2H3,(H,16,17)/b4-3+. The SMILES string of the molecule is CC(C)c1ccc(C(=O)NC/C=C/CN)cc1. The third-order valence-electron chi connectivity index (χ3n) is 2.52. The Kier molecular flexibility index (Phi) is 5.43. The molecule has 0 radical (unpaired) electrons. The lowest BCUT2D eigenvalue weighted by Crippen LogP contribution is -2.23. The summed E-state index contributed by atoms with van der Waals surface area (Å²) in [6.07, 6.45) is 3.67. The molecule has 0 saturated carbocycles. The van der Waals surface area contributed by atoms with Gasteiger partial charge in [0.2, 0.25) is 0 Å². The molecule has 0 aliphatic rings. The van der Waals surface area contributed by atoms with Gasteiger partial charge in [-0.3, -0.25) is 4.79 Å². The van der Waals surface area contributed by atoms with E-state index in [-0.39, 0.29) is 5.91 Å². The van der Waals surface area contributed by atoms with E-state index in [1.807, 2.05) is 36.4 Å². The highest BCUT2D eigenvalue weighted by Crippen LogP contribution is 2.14. The summed E-state index contributed by atoms with van der Waals surface area (Å²) < 4.78 is 0. The van der Waals surface area contributed by atoms with Gasteiger partial charge in [0.1, 0.15) is 0 Å². The van der Waals surface area contributed by atoms with Gasteiger partial charge >= 0.3 is 0 Å². The molecule has 0 atom stereocenters. The smallest absolute Gasteiger partial charge is 0.251 e. The van der Waals surface area contributed by atoms with E-state index in [9.17, 15) is 4.79 Å². The largest absolute Gasteiger partial charge is 0.349 e. The molecule has 92 valence electrons. The molecule has 0 aliphatic carbocycles. The van der Waals surface area contributed by atoms with Crippen LogP contribution in [0.15, 0.2) is 36.4 Å². The van der Waals surface area contributed by atoms with Crippen molar-refractivity contribution >= 4 is 5.91 Å². The van der Waals surface area contributed by atoms with Gasteiger partial charge in [0.15, 0.2) is 0 Å². The van der Waals surface area contributed by atoms with E-state index in [1.165, 1.54) is 5.56 Å². The lowest BCUT2D eigenvalue weighted by molar-refractivity contribution is 0.0958. The number of nitrogens with one attached hydrogen (secondary N) is 1. The maximum atomic E-state index is 11.7. The zero-order chi connectivity index (χ0) is 12.7. The monoisotopic (exact) mass is 232 g/mol. The second-order valence-electron chi connectivity index (χ2n) is 4.19. The summed E-state index contributed by atoms with van der Waals surface area (Å²) in [7, 11) is 0. The molecule has 0 fully saturated rings. The second-order valence-corrected chi connectivity index (χ2v) is 4.19. The molecule has 0 aliphatic heterocycles. The average Bonchev–Trinajstić information content (AvgIpc) is 2.34. The number of carbonyl (C=O) groups excluding carboxylic acids is 1. The van der Waals surface area contributed by atoms with E-state index in [0.717, 1.165) is 0 Å². The maximum Gasteiger partial charge on any atom is 0.251 e. The fourth-order valence-electron chi connectivity index (χ4n) is 1.45. The molecule has 0 bridgehead atoms. The molecule has 3 N–H and O–H groups in total. The number of amides is 1. The van der Waals surface area contributed by atoms with Crippen LogP contribution < -0.4 is 11.1 Å². The molecule has 1 rings (SSSR count). The molecule has 0 spiro atoms. The first-order valence-corrected chi connectivity index (χ1v) is 5.88. The highest BCUT2D eigenvalue weighted by atomic mass is 16.1. The van der Waals surface area contributed by atoms with Crippen molar-refractivity contribution in [2.75, 3.05) is 13.1 Å². The maximum absolute atomic E-state index is 11.7. The first-order valence-electron chi connectivity index (χ1n) is 5.88. The fraction of sp³-hybridized carbons (Fsp3) is 0.357. The van der Waals surface area contributed by atoms with Crippen LogP contribution in [0.1, 0.15) is 35.7 Å². The summed E-state index contributed by atoms with van der Waals surface area (Å²) in [5.74, 6) is 0.432. The van der Waals surface area contributed by atoms with Crippen LogP contribution in [-0.4, -0.2) is 19.0 Å². The van der Waals surface area contributed by atoms with Crippen LogP contribution in [0.5, 0.6) is 0 Å². The number of carbonyl (C=O) groups is 1. The van der Waals surface area contributed by atoms with E-state index in [4.69, 9.17) is 5.73 Å². The van der Waals surface area contributed by atoms with E-state index in [2.05, 4.69) is 19.2 Å². The molecular formula is C14H20N2O. The van der Waals surface area contributed by atoms with Crippen LogP contribution in [0.25, 0.3) is 0 Å². The summed E-state index contributed by atoms with van der Waals surface area (Å²) in [5, 5.41) is 2.80. The second kappa shape index (κ2) is 6.86. The molecular weight excluding hydrogens is 212 g/mol. The number of hydrogen-bond acceptors (Lipinski definition) is 2. The van der Waals surface area contributed by atoms with E-state index in [0.29, 0.717) is 24.6 Å². The molecule has 0 heterocycles. The van der Waals surface area contributed by atoms with Gasteiger partial charge in [0, 0.05) is 18.7 Å². The van der Waals surface area contributed by atoms with Crippen LogP contribution in [0.2, 0.25) is 0 Å². The summed E-state index contributed by atoms with van der Waals surface area (Å²) in [4.78, 5) is 11.7. The van der Waals surface area contributed by atoms with Crippen molar-refractivity contribution < 1.29 is 4.79 Å². The minimum Gasteiger partial charge on any atom is -0.349 e. The van der Waals surface area contributed by atoms with Gasteiger partial charge < -0.3 is 11.1 Å². The van der Waals surface area contributed by atoms with Crippen molar-refractivity contribution in [3.8, 4) is 0 Å². The van der Waals surface area contributed by atoms with E-state index < -0.39 is 0 Å². The number of hydrogen-bond donors (Lipinski definition) is 2. The van der Waals surface area contributed by atoms with Gasteiger partial charge in [-0.2, -0.15) is 0 Å². The zero-order valence-electron chi connectivity index (χ0n) is 10.4. The van der Waals surface area contributed by atoms with E-state index >= 15 is 0 Å². The minimum absolute atomic E-state index is 0.0537. The van der Waals surface area contributed by atoms with Crippen molar-refractivity contribution in [3.05, 3.63) is 47.5 Å². The summed E-state index contributed by atoms with van der Waals surface area (Å²) in [6.45, 7) is 5.28. The predicted octanol–water partition coefficient (Wildman–Crippen LogP) is 2.05. The van der Waals surface area contributed by atoms with Crippen LogP contribution >= 0.6 is 0 Å². The first-order chi connectivity index (χ1) is 8.15. The van der Waals surface area contributed by atoms with Gasteiger partial charge in [-0.25, -0.2) is 0 Å². The number of benzene rings is 1. The Morgan fingerprint density at radius 3 is 2.47 bits per heavy atom. The van der Waals surface area contributed by atoms with Gasteiger partial charge in [-0.1, -0.05) is 38.1 Å². The fourth-order valence-corrected chi connectivity index (χ4v) is 1.45. The third-order valence-corrected chi connectivity index (χ3v) is 2.52. The normalized spacial score (nSPS) is 11.1. The Morgan fingerprint density at radius 2 is 1.94 bits per heavy atom. The summed E-state index contributed by atoms with van der Waals surface area (Å²) >= 11 is 0. The molecule has 0 saturated heterocycles. The number of nitrogens with two attached hydrogens (primary N) is 1. The van der Waals surface area contributed by atoms with Crippen LogP contribution in [0.4, 0.5) is 0 Å². The topological polar surface area (TPSA) is 55.1 Å². The highest BCUT2D eigenvalue weighted by molar-refractivity contribution is 5.94. The average molecular weight is 232 g/mol. The van der Waals surface area contributed by atoms with Gasteiger partial charge in [0.05, 0.1) is 0 Å². The Bertz CT molecular complexity index is 380. The lowest BCUT2D eigenvalue weighted by atomic mass is 10.0. The Balaban J connectivity index is 2.55. The van der Waals surface area contributed by atoms with E-state index in [1.54, 1.807) is 0 Å². The minimum atomic E-state index is -0.0537. The van der Waals surface area contributed by atoms with Crippen molar-refractivity contribution in [2.24, 2.45) is 5.73 Å². The van der Waals surface area contributed by atoms with Crippen molar-refractivity contribution in [3.63, 3.8) is 0 Å². The van der Waals surface area contributed by atoms with Gasteiger partial charge in [-0.05, 0) is 23.6 Å². The predicted molar refractivity (Wildman–Crippen MR) is 71.1 cm³/mol. The molecule has 1 amide bonds. The van der Waals surface area contributed by atoms with Gasteiger partial charge in [0.25, 0.3) is 5.91 Å². The van der Waals surface area contributed by atoms with Crippen LogP contribution in [-0.2, 0) is 0 Å². The van der Waals surface area contributed by atoms with Crippen molar-refractivity contribution in [2.45, 2.75) is 19.8 Å². The Morgan fingerprint density at radius 1 is 1.29 bits per heavy atom. The molecule has 3 heteroatoms. The number of rotatable bonds is 5. The molecule has 17 heavy (non-hydrogen) atoms. The Labute approximate surface area is 103 Å². The first kappa shape index (κ1) is 13.5. The molecule has 3 nitrogen and oxygen atoms in total. The third kappa shape index (κ3) is 4.41. The molecule has 0 unspecified atom stereocenters. The van der Waals surface area contributed by atoms with Crippen LogP contribution in [0, 0.1) is 0 Å². The summed E-state index contributed by atoms with van der Waals surface area (Å²) in [6, 6.07) is 7.71. The summed E-state index contributed by atoms with van der Waals surface area (Å²) in [5.41, 5.74) is 7.23. The quantitative estimate of drug-likeness (QED) is 0.763. The van der Waals surface area contributed by atoms with Crippen LogP contribution in [0.3, 0.4) is 0 Å². The molecule has 1 aromatic rings. The zero-order valence-corrected chi connectivity index (χ0v) is 10.4. The van der Waals surface area contributed by atoms with Crippen molar-refractivity contribution in [1.82, 2.24) is 5.32 Å². The van der Waals surface area contributed by atoms with Crippen molar-refractivity contribution in [1.29, 1.82) is 0 Å². The molecule has 0 aromatic heterocycles. The highest BCUT2D eigenvalue weighted by Gasteiger charge is 2.04. The lowest BCUT2D eigenvalue weighted by Gasteiger charge is -2.06. The van der Waals surface area contributed by atoms with Gasteiger partial charge in [-0.15, -0.1) is 0 Å². The molecule has 1 aromatic carbocycles. The Hall–Kier alpha value is -1.61.